The van der Waals surface area contributed by atoms with Gasteiger partial charge in [-0.3, -0.25) is 5.41 Å². The maximum absolute atomic E-state index is 7.47. The van der Waals surface area contributed by atoms with E-state index in [2.05, 4.69) is 4.98 Å². The summed E-state index contributed by atoms with van der Waals surface area (Å²) in [5.74, 6) is 0.0292. The van der Waals surface area contributed by atoms with Gasteiger partial charge in [0, 0.05) is 16.2 Å². The molecule has 0 saturated carbocycles. The van der Waals surface area contributed by atoms with Crippen molar-refractivity contribution in [2.45, 2.75) is 16.8 Å². The number of nitrogens with zero attached hydrogens (tertiary/aromatic N) is 1. The highest BCUT2D eigenvalue weighted by atomic mass is 35.5. The quantitative estimate of drug-likeness (QED) is 0.661. The highest BCUT2D eigenvalue weighted by Crippen LogP contribution is 2.32. The second-order valence-corrected chi connectivity index (χ2v) is 5.84. The number of rotatable bonds is 3. The third kappa shape index (κ3) is 3.62. The van der Waals surface area contributed by atoms with Crippen molar-refractivity contribution in [3.8, 4) is 0 Å². The topological polar surface area (TPSA) is 62.8 Å². The summed E-state index contributed by atoms with van der Waals surface area (Å²) in [5, 5.41) is 9.27. The van der Waals surface area contributed by atoms with Crippen molar-refractivity contribution < 1.29 is 0 Å². The summed E-state index contributed by atoms with van der Waals surface area (Å²) in [7, 11) is 0. The number of hydrogen-bond acceptors (Lipinski definition) is 3. The molecular formula is C13H11Cl2N3S. The molecule has 1 heterocycles. The zero-order valence-corrected chi connectivity index (χ0v) is 12.4. The van der Waals surface area contributed by atoms with E-state index in [9.17, 15) is 0 Å². The number of hydrogen-bond donors (Lipinski definition) is 2. The number of aryl methyl sites for hydroxylation is 1. The molecule has 0 aliphatic rings. The summed E-state index contributed by atoms with van der Waals surface area (Å²) < 4.78 is 0. The number of halogens is 2. The minimum Gasteiger partial charge on any atom is -0.384 e. The molecule has 19 heavy (non-hydrogen) atoms. The van der Waals surface area contributed by atoms with Crippen LogP contribution in [-0.2, 0) is 0 Å². The normalized spacial score (nSPS) is 10.5. The largest absolute Gasteiger partial charge is 0.384 e. The Kier molecular flexibility index (Phi) is 4.34. The van der Waals surface area contributed by atoms with Gasteiger partial charge < -0.3 is 5.73 Å². The van der Waals surface area contributed by atoms with Crippen molar-refractivity contribution in [1.82, 2.24) is 4.98 Å². The van der Waals surface area contributed by atoms with Crippen LogP contribution < -0.4 is 5.73 Å². The van der Waals surface area contributed by atoms with Gasteiger partial charge in [0.15, 0.2) is 0 Å². The predicted octanol–water partition coefficient (Wildman–Crippen LogP) is 4.13. The summed E-state index contributed by atoms with van der Waals surface area (Å²) in [6.07, 6.45) is 0. The van der Waals surface area contributed by atoms with Crippen molar-refractivity contribution >= 4 is 40.8 Å². The summed E-state index contributed by atoms with van der Waals surface area (Å²) in [6.45, 7) is 1.87. The molecule has 0 unspecified atom stereocenters. The monoisotopic (exact) mass is 311 g/mol. The molecule has 0 fully saturated rings. The molecule has 0 radical (unpaired) electrons. The van der Waals surface area contributed by atoms with Gasteiger partial charge in [-0.05, 0) is 37.3 Å². The first-order valence-corrected chi connectivity index (χ1v) is 6.99. The number of nitrogens with one attached hydrogen (secondary N) is 1. The number of nitrogen functional groups attached to an aromatic ring is 1. The minimum atomic E-state index is 0.0292. The van der Waals surface area contributed by atoms with Crippen LogP contribution in [0.15, 0.2) is 40.3 Å². The van der Waals surface area contributed by atoms with Gasteiger partial charge in [0.05, 0.1) is 10.0 Å². The van der Waals surface area contributed by atoms with Crippen molar-refractivity contribution in [1.29, 1.82) is 5.41 Å². The summed E-state index contributed by atoms with van der Waals surface area (Å²) in [6, 6.07) is 8.96. The number of benzene rings is 1. The van der Waals surface area contributed by atoms with Crippen molar-refractivity contribution in [3.63, 3.8) is 0 Å². The van der Waals surface area contributed by atoms with E-state index in [-0.39, 0.29) is 5.84 Å². The van der Waals surface area contributed by atoms with Crippen LogP contribution in [0.25, 0.3) is 0 Å². The standard InChI is InChI=1S/C13H11Cl2N3S/c1-7-4-8(13(16)17)5-12(18-7)19-9-2-3-10(14)11(15)6-9/h2-6H,1H3,(H3,16,17). The van der Waals surface area contributed by atoms with Gasteiger partial charge >= 0.3 is 0 Å². The van der Waals surface area contributed by atoms with Crippen LogP contribution in [0, 0.1) is 12.3 Å². The Hall–Kier alpha value is -1.23. The number of pyridine rings is 1. The predicted molar refractivity (Wildman–Crippen MR) is 80.6 cm³/mol. The van der Waals surface area contributed by atoms with Crippen LogP contribution in [0.4, 0.5) is 0 Å². The Morgan fingerprint density at radius 1 is 1.21 bits per heavy atom. The van der Waals surface area contributed by atoms with E-state index in [1.54, 1.807) is 24.3 Å². The lowest BCUT2D eigenvalue weighted by molar-refractivity contribution is 1.06. The average Bonchev–Trinajstić information content (AvgIpc) is 2.33. The molecule has 1 aromatic carbocycles. The number of aromatic nitrogens is 1. The third-order valence-electron chi connectivity index (χ3n) is 2.35. The first kappa shape index (κ1) is 14.2. The summed E-state index contributed by atoms with van der Waals surface area (Å²) >= 11 is 13.3. The molecule has 0 aliphatic heterocycles. The molecule has 2 aromatic rings. The highest BCUT2D eigenvalue weighted by Gasteiger charge is 2.06. The van der Waals surface area contributed by atoms with Gasteiger partial charge in [-0.2, -0.15) is 0 Å². The van der Waals surface area contributed by atoms with E-state index in [4.69, 9.17) is 34.3 Å². The number of nitrogens with two attached hydrogens (primary N) is 1. The fourth-order valence-corrected chi connectivity index (χ4v) is 2.80. The van der Waals surface area contributed by atoms with E-state index in [1.807, 2.05) is 13.0 Å². The third-order valence-corrected chi connectivity index (χ3v) is 4.00. The lowest BCUT2D eigenvalue weighted by Gasteiger charge is -2.06. The summed E-state index contributed by atoms with van der Waals surface area (Å²) in [4.78, 5) is 5.33. The molecule has 1 aromatic heterocycles. The lowest BCUT2D eigenvalue weighted by atomic mass is 10.2. The fraction of sp³-hybridized carbons (Fsp3) is 0.0769. The van der Waals surface area contributed by atoms with E-state index in [0.29, 0.717) is 15.6 Å². The second-order valence-electron chi connectivity index (χ2n) is 3.93. The van der Waals surface area contributed by atoms with Crippen molar-refractivity contribution in [3.05, 3.63) is 51.6 Å². The molecule has 0 spiro atoms. The molecule has 98 valence electrons. The zero-order chi connectivity index (χ0) is 14.0. The van der Waals surface area contributed by atoms with Crippen LogP contribution in [-0.4, -0.2) is 10.8 Å². The van der Waals surface area contributed by atoms with Crippen LogP contribution in [0.5, 0.6) is 0 Å². The van der Waals surface area contributed by atoms with Crippen molar-refractivity contribution in [2.75, 3.05) is 0 Å². The van der Waals surface area contributed by atoms with Gasteiger partial charge in [-0.1, -0.05) is 35.0 Å². The Bertz CT molecular complexity index is 644. The van der Waals surface area contributed by atoms with Crippen LogP contribution >= 0.6 is 35.0 Å². The van der Waals surface area contributed by atoms with Crippen LogP contribution in [0.3, 0.4) is 0 Å². The van der Waals surface area contributed by atoms with E-state index in [0.717, 1.165) is 15.6 Å². The molecule has 0 atom stereocenters. The Morgan fingerprint density at radius 3 is 2.58 bits per heavy atom. The maximum atomic E-state index is 7.47. The van der Waals surface area contributed by atoms with E-state index in [1.165, 1.54) is 11.8 Å². The molecule has 0 saturated heterocycles. The molecule has 3 nitrogen and oxygen atoms in total. The molecule has 0 amide bonds. The van der Waals surface area contributed by atoms with Gasteiger partial charge in [-0.25, -0.2) is 4.98 Å². The first-order chi connectivity index (χ1) is 8.95. The maximum Gasteiger partial charge on any atom is 0.122 e. The first-order valence-electron chi connectivity index (χ1n) is 5.41. The highest BCUT2D eigenvalue weighted by molar-refractivity contribution is 7.99. The Labute approximate surface area is 125 Å². The smallest absolute Gasteiger partial charge is 0.122 e. The van der Waals surface area contributed by atoms with Gasteiger partial charge in [0.2, 0.25) is 0 Å². The SMILES string of the molecule is Cc1cc(C(=N)N)cc(Sc2ccc(Cl)c(Cl)c2)n1. The molecule has 0 aliphatic carbocycles. The summed E-state index contributed by atoms with van der Waals surface area (Å²) in [5.41, 5.74) is 6.97. The molecule has 0 bridgehead atoms. The lowest BCUT2D eigenvalue weighted by Crippen LogP contribution is -2.11. The van der Waals surface area contributed by atoms with E-state index < -0.39 is 0 Å². The van der Waals surface area contributed by atoms with Gasteiger partial charge in [0.25, 0.3) is 0 Å². The van der Waals surface area contributed by atoms with Crippen LogP contribution in [0.2, 0.25) is 10.0 Å². The van der Waals surface area contributed by atoms with Crippen molar-refractivity contribution in [2.24, 2.45) is 5.73 Å². The molecule has 2 rings (SSSR count). The zero-order valence-electron chi connectivity index (χ0n) is 10.1. The van der Waals surface area contributed by atoms with E-state index >= 15 is 0 Å². The number of amidine groups is 1. The molecular weight excluding hydrogens is 301 g/mol. The molecule has 6 heteroatoms. The minimum absolute atomic E-state index is 0.0292. The average molecular weight is 312 g/mol. The van der Waals surface area contributed by atoms with Crippen LogP contribution in [0.1, 0.15) is 11.3 Å². The Morgan fingerprint density at radius 2 is 1.95 bits per heavy atom. The van der Waals surface area contributed by atoms with Gasteiger partial charge in [-0.15, -0.1) is 0 Å². The fourth-order valence-electron chi connectivity index (χ4n) is 1.51. The second kappa shape index (κ2) is 5.82. The molecule has 3 N–H and O–H groups in total. The van der Waals surface area contributed by atoms with Gasteiger partial charge in [0.1, 0.15) is 10.9 Å². The Balaban J connectivity index is 2.32.